The average Bonchev–Trinajstić information content (AvgIpc) is 3.48. The Balaban J connectivity index is 1.80. The minimum absolute atomic E-state index is 0.262. The average molecular weight is 556 g/mol. The molecular formula is C29H39ClFN5OSi. The van der Waals surface area contributed by atoms with Crippen molar-refractivity contribution in [3.05, 3.63) is 70.4 Å². The summed E-state index contributed by atoms with van der Waals surface area (Å²) in [5.41, 5.74) is 4.46. The van der Waals surface area contributed by atoms with Crippen LogP contribution in [0.3, 0.4) is 0 Å². The normalized spacial score (nSPS) is 13.3. The molecule has 9 heteroatoms. The van der Waals surface area contributed by atoms with Gasteiger partial charge in [-0.05, 0) is 46.4 Å². The summed E-state index contributed by atoms with van der Waals surface area (Å²) in [5, 5.41) is 22.6. The van der Waals surface area contributed by atoms with Crippen molar-refractivity contribution >= 4 is 41.7 Å². The van der Waals surface area contributed by atoms with E-state index in [9.17, 15) is 9.50 Å². The largest absolute Gasteiger partial charge is 0.382 e. The molecule has 1 atom stereocenters. The summed E-state index contributed by atoms with van der Waals surface area (Å²) in [7, 11) is -2.19. The fraction of sp³-hybridized carbons (Fsp3) is 0.448. The molecule has 6 nitrogen and oxygen atoms in total. The number of aliphatic hydroxyl groups excluding tert-OH is 1. The lowest BCUT2D eigenvalue weighted by molar-refractivity contribution is 0.209. The van der Waals surface area contributed by atoms with E-state index < -0.39 is 14.2 Å². The summed E-state index contributed by atoms with van der Waals surface area (Å²) in [6, 6.07) is 8.26. The summed E-state index contributed by atoms with van der Waals surface area (Å²) in [6.07, 6.45) is 2.70. The SMILES string of the molecule is CCn1nc(NCc2ccc(F)cc2)cc1C(O)c1c[nH]c2ncc(Cl)c([Si](C(C)C)(C(C)C)C(C)C)c12. The summed E-state index contributed by atoms with van der Waals surface area (Å²) in [5.74, 6) is 0.387. The highest BCUT2D eigenvalue weighted by Gasteiger charge is 2.47. The van der Waals surface area contributed by atoms with Crippen LogP contribution in [-0.4, -0.2) is 32.9 Å². The molecule has 0 aliphatic rings. The van der Waals surface area contributed by atoms with Crippen LogP contribution in [0.2, 0.25) is 21.6 Å². The second-order valence-corrected chi connectivity index (χ2v) is 17.2. The Bertz CT molecular complexity index is 1370. The molecule has 4 aromatic rings. The molecule has 0 saturated heterocycles. The van der Waals surface area contributed by atoms with Crippen molar-refractivity contribution in [2.75, 3.05) is 5.32 Å². The first-order valence-electron chi connectivity index (χ1n) is 13.4. The third kappa shape index (κ3) is 4.89. The van der Waals surface area contributed by atoms with Crippen LogP contribution in [0, 0.1) is 5.82 Å². The number of rotatable bonds is 10. The van der Waals surface area contributed by atoms with E-state index >= 15 is 0 Å². The molecular weight excluding hydrogens is 517 g/mol. The monoisotopic (exact) mass is 555 g/mol. The highest BCUT2D eigenvalue weighted by Crippen LogP contribution is 2.44. The standard InChI is InChI=1S/C29H39ClFN5OSi/c1-8-36-24(13-25(35-36)32-14-20-9-11-21(31)12-10-20)27(37)22-15-33-29-26(22)28(23(30)16-34-29)38(17(2)3,18(4)5)19(6)7/h9-13,15-19,27,37H,8,14H2,1-7H3,(H,32,35)(H,33,34). The van der Waals surface area contributed by atoms with Gasteiger partial charge in [0.05, 0.1) is 18.8 Å². The van der Waals surface area contributed by atoms with E-state index in [0.717, 1.165) is 22.2 Å². The molecule has 1 unspecified atom stereocenters. The van der Waals surface area contributed by atoms with Crippen molar-refractivity contribution in [1.82, 2.24) is 19.7 Å². The van der Waals surface area contributed by atoms with Crippen molar-refractivity contribution in [1.29, 1.82) is 0 Å². The number of H-pyrrole nitrogens is 1. The van der Waals surface area contributed by atoms with Crippen molar-refractivity contribution < 1.29 is 9.50 Å². The van der Waals surface area contributed by atoms with Gasteiger partial charge in [0.25, 0.3) is 0 Å². The molecule has 0 saturated carbocycles. The van der Waals surface area contributed by atoms with Crippen LogP contribution in [0.25, 0.3) is 11.0 Å². The Morgan fingerprint density at radius 1 is 1.08 bits per heavy atom. The number of hydrogen-bond donors (Lipinski definition) is 3. The summed E-state index contributed by atoms with van der Waals surface area (Å²) < 4.78 is 15.1. The van der Waals surface area contributed by atoms with Crippen LogP contribution in [-0.2, 0) is 13.1 Å². The number of anilines is 1. The molecule has 0 amide bonds. The number of pyridine rings is 1. The predicted octanol–water partition coefficient (Wildman–Crippen LogP) is 7.15. The van der Waals surface area contributed by atoms with Gasteiger partial charge in [0.15, 0.2) is 0 Å². The molecule has 204 valence electrons. The van der Waals surface area contributed by atoms with Crippen molar-refractivity contribution in [2.24, 2.45) is 0 Å². The molecule has 0 aliphatic heterocycles. The van der Waals surface area contributed by atoms with Gasteiger partial charge in [0, 0.05) is 42.5 Å². The molecule has 1 aromatic carbocycles. The Labute approximate surface area is 230 Å². The zero-order valence-electron chi connectivity index (χ0n) is 23.3. The lowest BCUT2D eigenvalue weighted by Crippen LogP contribution is -2.56. The van der Waals surface area contributed by atoms with E-state index in [2.05, 4.69) is 61.9 Å². The number of aromatic nitrogens is 4. The lowest BCUT2D eigenvalue weighted by Gasteiger charge is -2.44. The number of aliphatic hydroxyl groups is 1. The van der Waals surface area contributed by atoms with Gasteiger partial charge in [-0.15, -0.1) is 0 Å². The quantitative estimate of drug-likeness (QED) is 0.181. The zero-order chi connectivity index (χ0) is 27.8. The molecule has 3 N–H and O–H groups in total. The maximum absolute atomic E-state index is 13.3. The zero-order valence-corrected chi connectivity index (χ0v) is 25.1. The number of nitrogens with one attached hydrogen (secondary N) is 2. The van der Waals surface area contributed by atoms with Crippen LogP contribution in [0.4, 0.5) is 10.2 Å². The summed E-state index contributed by atoms with van der Waals surface area (Å²) >= 11 is 7.00. The first-order valence-corrected chi connectivity index (χ1v) is 16.0. The highest BCUT2D eigenvalue weighted by molar-refractivity contribution is 6.97. The van der Waals surface area contributed by atoms with E-state index in [1.807, 2.05) is 23.9 Å². The van der Waals surface area contributed by atoms with Gasteiger partial charge in [0.2, 0.25) is 0 Å². The minimum Gasteiger partial charge on any atom is -0.382 e. The van der Waals surface area contributed by atoms with E-state index in [1.54, 1.807) is 18.3 Å². The van der Waals surface area contributed by atoms with E-state index in [1.165, 1.54) is 17.3 Å². The molecule has 0 radical (unpaired) electrons. The second-order valence-electron chi connectivity index (χ2n) is 11.0. The van der Waals surface area contributed by atoms with Gasteiger partial charge >= 0.3 is 0 Å². The second kappa shape index (κ2) is 11.2. The first-order chi connectivity index (χ1) is 18.0. The van der Waals surface area contributed by atoms with Crippen molar-refractivity contribution in [3.8, 4) is 0 Å². The van der Waals surface area contributed by atoms with Crippen LogP contribution in [0.5, 0.6) is 0 Å². The first kappa shape index (κ1) is 28.3. The third-order valence-corrected chi connectivity index (χ3v) is 15.6. The van der Waals surface area contributed by atoms with Crippen molar-refractivity contribution in [3.63, 3.8) is 0 Å². The maximum atomic E-state index is 13.3. The molecule has 3 aromatic heterocycles. The van der Waals surface area contributed by atoms with Crippen LogP contribution < -0.4 is 10.5 Å². The van der Waals surface area contributed by atoms with Crippen LogP contribution in [0.15, 0.2) is 42.7 Å². The smallest absolute Gasteiger partial charge is 0.148 e. The fourth-order valence-electron chi connectivity index (χ4n) is 6.55. The maximum Gasteiger partial charge on any atom is 0.148 e. The molecule has 3 heterocycles. The fourth-order valence-corrected chi connectivity index (χ4v) is 14.1. The molecule has 0 spiro atoms. The molecule has 0 aliphatic carbocycles. The van der Waals surface area contributed by atoms with E-state index in [0.29, 0.717) is 46.2 Å². The number of fused-ring (bicyclic) bond motifs is 1. The van der Waals surface area contributed by atoms with E-state index in [4.69, 9.17) is 11.6 Å². The molecule has 38 heavy (non-hydrogen) atoms. The molecule has 4 rings (SSSR count). The predicted molar refractivity (Wildman–Crippen MR) is 157 cm³/mol. The molecule has 0 fully saturated rings. The van der Waals surface area contributed by atoms with Gasteiger partial charge in [0.1, 0.15) is 23.4 Å². The lowest BCUT2D eigenvalue weighted by atomic mass is 10.1. The number of halogens is 2. The summed E-state index contributed by atoms with van der Waals surface area (Å²) in [6.45, 7) is 16.9. The van der Waals surface area contributed by atoms with Gasteiger partial charge in [-0.25, -0.2) is 9.37 Å². The number of hydrogen-bond acceptors (Lipinski definition) is 4. The van der Waals surface area contributed by atoms with Crippen molar-refractivity contribution in [2.45, 2.75) is 84.3 Å². The van der Waals surface area contributed by atoms with Crippen LogP contribution in [0.1, 0.15) is 71.4 Å². The Hall–Kier alpha value is -2.68. The number of nitrogens with zero attached hydrogens (tertiary/aromatic N) is 3. The molecule has 0 bridgehead atoms. The van der Waals surface area contributed by atoms with Gasteiger partial charge < -0.3 is 15.4 Å². The van der Waals surface area contributed by atoms with Gasteiger partial charge in [-0.2, -0.15) is 5.10 Å². The van der Waals surface area contributed by atoms with Crippen LogP contribution >= 0.6 is 11.6 Å². The number of benzene rings is 1. The van der Waals surface area contributed by atoms with Gasteiger partial charge in [-0.1, -0.05) is 65.3 Å². The number of aryl methyl sites for hydroxylation is 1. The Kier molecular flexibility index (Phi) is 8.35. The van der Waals surface area contributed by atoms with E-state index in [-0.39, 0.29) is 5.82 Å². The van der Waals surface area contributed by atoms with Gasteiger partial charge in [-0.3, -0.25) is 4.68 Å². The summed E-state index contributed by atoms with van der Waals surface area (Å²) in [4.78, 5) is 7.92. The Morgan fingerprint density at radius 2 is 1.71 bits per heavy atom. The number of aromatic amines is 1. The minimum atomic E-state index is -2.19. The highest BCUT2D eigenvalue weighted by atomic mass is 35.5. The Morgan fingerprint density at radius 3 is 2.29 bits per heavy atom. The topological polar surface area (TPSA) is 78.8 Å². The third-order valence-electron chi connectivity index (χ3n) is 8.06.